The molecule has 1 rings (SSSR count). The minimum Gasteiger partial charge on any atom is -0.393 e. The predicted molar refractivity (Wildman–Crippen MR) is 41.9 cm³/mol. The summed E-state index contributed by atoms with van der Waals surface area (Å²) in [4.78, 5) is 2.29. The minimum atomic E-state index is -0.0556. The topological polar surface area (TPSA) is 23.5 Å². The molecule has 60 valence electrons. The van der Waals surface area contributed by atoms with E-state index in [2.05, 4.69) is 18.9 Å². The van der Waals surface area contributed by atoms with Crippen molar-refractivity contribution < 1.29 is 5.11 Å². The molecule has 0 aromatic heterocycles. The number of hydrogen-bond donors (Lipinski definition) is 1. The molecule has 2 heteroatoms. The van der Waals surface area contributed by atoms with Gasteiger partial charge in [0.25, 0.3) is 0 Å². The van der Waals surface area contributed by atoms with E-state index in [1.807, 2.05) is 0 Å². The molecular weight excluding hydrogens is 126 g/mol. The van der Waals surface area contributed by atoms with E-state index < -0.39 is 0 Å². The molecule has 2 unspecified atom stereocenters. The highest BCUT2D eigenvalue weighted by atomic mass is 16.3. The van der Waals surface area contributed by atoms with Crippen LogP contribution in [0, 0.1) is 5.92 Å². The minimum absolute atomic E-state index is 0.0556. The van der Waals surface area contributed by atoms with Gasteiger partial charge >= 0.3 is 0 Å². The van der Waals surface area contributed by atoms with Gasteiger partial charge in [0.2, 0.25) is 0 Å². The lowest BCUT2D eigenvalue weighted by molar-refractivity contribution is 0.148. The second-order valence-corrected chi connectivity index (χ2v) is 3.55. The number of aliphatic hydroxyl groups excluding tert-OH is 1. The number of hydrogen-bond acceptors (Lipinski definition) is 2. The molecule has 0 radical (unpaired) electrons. The number of rotatable bonds is 0. The van der Waals surface area contributed by atoms with Crippen LogP contribution in [0.1, 0.15) is 19.8 Å². The quantitative estimate of drug-likeness (QED) is 0.540. The molecule has 1 heterocycles. The summed E-state index contributed by atoms with van der Waals surface area (Å²) < 4.78 is 0. The smallest absolute Gasteiger partial charge is 0.0555 e. The molecule has 2 atom stereocenters. The highest BCUT2D eigenvalue weighted by Crippen LogP contribution is 2.14. The van der Waals surface area contributed by atoms with E-state index in [9.17, 15) is 5.11 Å². The largest absolute Gasteiger partial charge is 0.393 e. The zero-order valence-corrected chi connectivity index (χ0v) is 6.88. The van der Waals surface area contributed by atoms with Gasteiger partial charge in [-0.05, 0) is 25.8 Å². The summed E-state index contributed by atoms with van der Waals surface area (Å²) in [6, 6.07) is 0. The highest BCUT2D eigenvalue weighted by molar-refractivity contribution is 4.70. The molecule has 1 aliphatic rings. The van der Waals surface area contributed by atoms with Crippen LogP contribution >= 0.6 is 0 Å². The van der Waals surface area contributed by atoms with Gasteiger partial charge in [-0.2, -0.15) is 0 Å². The van der Waals surface area contributed by atoms with Gasteiger partial charge in [0.1, 0.15) is 0 Å². The van der Waals surface area contributed by atoms with E-state index in [0.29, 0.717) is 5.92 Å². The third-order valence-corrected chi connectivity index (χ3v) is 2.14. The summed E-state index contributed by atoms with van der Waals surface area (Å²) in [5.74, 6) is 0.655. The van der Waals surface area contributed by atoms with Crippen molar-refractivity contribution in [2.24, 2.45) is 5.92 Å². The van der Waals surface area contributed by atoms with Gasteiger partial charge in [0.15, 0.2) is 0 Å². The van der Waals surface area contributed by atoms with Crippen LogP contribution in [0.25, 0.3) is 0 Å². The van der Waals surface area contributed by atoms with Gasteiger partial charge in [-0.15, -0.1) is 0 Å². The fourth-order valence-corrected chi connectivity index (χ4v) is 1.65. The molecule has 0 aromatic rings. The molecule has 0 bridgehead atoms. The Bertz CT molecular complexity index is 93.4. The maximum Gasteiger partial charge on any atom is 0.0555 e. The molecule has 1 saturated heterocycles. The van der Waals surface area contributed by atoms with Gasteiger partial charge in [-0.3, -0.25) is 0 Å². The lowest BCUT2D eigenvalue weighted by atomic mass is 10.0. The zero-order valence-electron chi connectivity index (χ0n) is 6.88. The van der Waals surface area contributed by atoms with E-state index in [4.69, 9.17) is 0 Å². The summed E-state index contributed by atoms with van der Waals surface area (Å²) in [6.07, 6.45) is 1.87. The Morgan fingerprint density at radius 2 is 2.20 bits per heavy atom. The Morgan fingerprint density at radius 3 is 2.90 bits per heavy atom. The molecule has 0 saturated carbocycles. The summed E-state index contributed by atoms with van der Waals surface area (Å²) in [5.41, 5.74) is 0. The summed E-state index contributed by atoms with van der Waals surface area (Å²) in [5, 5.41) is 9.35. The Balaban J connectivity index is 2.38. The first kappa shape index (κ1) is 8.02. The maximum atomic E-state index is 9.35. The van der Waals surface area contributed by atoms with Crippen molar-refractivity contribution in [3.63, 3.8) is 0 Å². The van der Waals surface area contributed by atoms with Crippen LogP contribution < -0.4 is 0 Å². The molecule has 0 spiro atoms. The SMILES string of the molecule is CC1CC(O)CCN(C)C1. The third kappa shape index (κ3) is 2.27. The van der Waals surface area contributed by atoms with Gasteiger partial charge in [0.05, 0.1) is 6.10 Å². The van der Waals surface area contributed by atoms with Crippen LogP contribution in [-0.2, 0) is 0 Å². The molecule has 1 N–H and O–H groups in total. The molecular formula is C8H17NO. The Hall–Kier alpha value is -0.0800. The van der Waals surface area contributed by atoms with E-state index in [0.717, 1.165) is 25.9 Å². The van der Waals surface area contributed by atoms with Crippen molar-refractivity contribution in [1.82, 2.24) is 4.90 Å². The predicted octanol–water partition coefficient (Wildman–Crippen LogP) is 0.709. The van der Waals surface area contributed by atoms with Gasteiger partial charge in [-0.25, -0.2) is 0 Å². The van der Waals surface area contributed by atoms with Crippen molar-refractivity contribution in [1.29, 1.82) is 0 Å². The van der Waals surface area contributed by atoms with Crippen LogP contribution in [-0.4, -0.2) is 36.2 Å². The fraction of sp³-hybridized carbons (Fsp3) is 1.00. The molecule has 0 amide bonds. The second kappa shape index (κ2) is 3.35. The summed E-state index contributed by atoms with van der Waals surface area (Å²) in [6.45, 7) is 4.38. The van der Waals surface area contributed by atoms with Crippen molar-refractivity contribution >= 4 is 0 Å². The molecule has 10 heavy (non-hydrogen) atoms. The summed E-state index contributed by atoms with van der Waals surface area (Å²) >= 11 is 0. The zero-order chi connectivity index (χ0) is 7.56. The Morgan fingerprint density at radius 1 is 1.50 bits per heavy atom. The van der Waals surface area contributed by atoms with E-state index in [1.165, 1.54) is 0 Å². The molecule has 1 fully saturated rings. The van der Waals surface area contributed by atoms with Crippen molar-refractivity contribution in [3.05, 3.63) is 0 Å². The molecule has 0 aliphatic carbocycles. The first-order chi connectivity index (χ1) is 4.68. The Labute approximate surface area is 62.8 Å². The maximum absolute atomic E-state index is 9.35. The van der Waals surface area contributed by atoms with Crippen LogP contribution in [0.2, 0.25) is 0 Å². The van der Waals surface area contributed by atoms with Crippen molar-refractivity contribution in [2.75, 3.05) is 20.1 Å². The molecule has 2 nitrogen and oxygen atoms in total. The molecule has 1 aliphatic heterocycles. The van der Waals surface area contributed by atoms with Gasteiger partial charge in [0, 0.05) is 13.1 Å². The number of aliphatic hydroxyl groups is 1. The van der Waals surface area contributed by atoms with Crippen LogP contribution in [0.4, 0.5) is 0 Å². The van der Waals surface area contributed by atoms with Gasteiger partial charge < -0.3 is 10.0 Å². The monoisotopic (exact) mass is 143 g/mol. The fourth-order valence-electron chi connectivity index (χ4n) is 1.65. The molecule has 0 aromatic carbocycles. The summed E-state index contributed by atoms with van der Waals surface area (Å²) in [7, 11) is 2.12. The first-order valence-corrected chi connectivity index (χ1v) is 4.05. The van der Waals surface area contributed by atoms with Crippen LogP contribution in [0.3, 0.4) is 0 Å². The van der Waals surface area contributed by atoms with E-state index >= 15 is 0 Å². The van der Waals surface area contributed by atoms with E-state index in [1.54, 1.807) is 0 Å². The highest BCUT2D eigenvalue weighted by Gasteiger charge is 2.16. The average molecular weight is 143 g/mol. The van der Waals surface area contributed by atoms with Crippen molar-refractivity contribution in [2.45, 2.75) is 25.9 Å². The first-order valence-electron chi connectivity index (χ1n) is 4.05. The lowest BCUT2D eigenvalue weighted by Gasteiger charge is -2.15. The average Bonchev–Trinajstić information content (AvgIpc) is 1.93. The third-order valence-electron chi connectivity index (χ3n) is 2.14. The number of nitrogens with zero attached hydrogens (tertiary/aromatic N) is 1. The lowest BCUT2D eigenvalue weighted by Crippen LogP contribution is -2.22. The van der Waals surface area contributed by atoms with Gasteiger partial charge in [-0.1, -0.05) is 6.92 Å². The normalized spacial score (nSPS) is 37.5. The standard InChI is InChI=1S/C8H17NO/c1-7-5-8(10)3-4-9(2)6-7/h7-8,10H,3-6H2,1-2H3. The van der Waals surface area contributed by atoms with Crippen LogP contribution in [0.15, 0.2) is 0 Å². The van der Waals surface area contributed by atoms with E-state index in [-0.39, 0.29) is 6.10 Å². The Kier molecular flexibility index (Phi) is 2.69. The number of likely N-dealkylation sites (tertiary alicyclic amines) is 1. The van der Waals surface area contributed by atoms with Crippen molar-refractivity contribution in [3.8, 4) is 0 Å². The second-order valence-electron chi connectivity index (χ2n) is 3.55. The van der Waals surface area contributed by atoms with Crippen LogP contribution in [0.5, 0.6) is 0 Å².